The summed E-state index contributed by atoms with van der Waals surface area (Å²) in [6.45, 7) is 3.64. The first-order valence-corrected chi connectivity index (χ1v) is 6.04. The van der Waals surface area contributed by atoms with Gasteiger partial charge in [-0.15, -0.1) is 0 Å². The van der Waals surface area contributed by atoms with Crippen molar-refractivity contribution in [1.82, 2.24) is 15.0 Å². The van der Waals surface area contributed by atoms with E-state index in [1.165, 1.54) is 0 Å². The predicted molar refractivity (Wildman–Crippen MR) is 64.0 cm³/mol. The Balaban J connectivity index is 1.86. The third kappa shape index (κ3) is 2.69. The lowest BCUT2D eigenvalue weighted by Gasteiger charge is -2.20. The Morgan fingerprint density at radius 2 is 2.39 bits per heavy atom. The Labute approximate surface area is 106 Å². The minimum atomic E-state index is -0.206. The number of rotatable bonds is 4. The molecule has 0 radical (unpaired) electrons. The van der Waals surface area contributed by atoms with Crippen LogP contribution in [0.3, 0.4) is 0 Å². The van der Waals surface area contributed by atoms with E-state index < -0.39 is 0 Å². The molecule has 1 aliphatic heterocycles. The van der Waals surface area contributed by atoms with E-state index in [0.717, 1.165) is 13.0 Å². The second kappa shape index (κ2) is 5.20. The van der Waals surface area contributed by atoms with Gasteiger partial charge in [0.15, 0.2) is 0 Å². The number of amides is 2. The largest absolute Gasteiger partial charge is 0.351 e. The molecular weight excluding hydrogens is 234 g/mol. The van der Waals surface area contributed by atoms with Gasteiger partial charge in [-0.1, -0.05) is 5.16 Å². The van der Waals surface area contributed by atoms with Gasteiger partial charge in [-0.2, -0.15) is 0 Å². The number of carbonyl (C=O) groups is 2. The molecule has 2 heterocycles. The van der Waals surface area contributed by atoms with Gasteiger partial charge < -0.3 is 14.3 Å². The average Bonchev–Trinajstić information content (AvgIpc) is 2.94. The molecule has 1 aromatic heterocycles. The third-order valence-corrected chi connectivity index (χ3v) is 3.06. The van der Waals surface area contributed by atoms with Crippen LogP contribution in [0, 0.1) is 6.92 Å². The highest BCUT2D eigenvalue weighted by Crippen LogP contribution is 2.10. The quantitative estimate of drug-likeness (QED) is 0.789. The molecule has 1 aliphatic rings. The predicted octanol–water partition coefficient (Wildman–Crippen LogP) is 0.677. The number of aryl methyl sites for hydroxylation is 1. The topological polar surface area (TPSA) is 66.7 Å². The van der Waals surface area contributed by atoms with Gasteiger partial charge in [0.2, 0.25) is 11.7 Å². The Morgan fingerprint density at radius 3 is 2.94 bits per heavy atom. The highest BCUT2D eigenvalue weighted by molar-refractivity contribution is 5.91. The van der Waals surface area contributed by atoms with Crippen LogP contribution < -0.4 is 0 Å². The minimum Gasteiger partial charge on any atom is -0.351 e. The van der Waals surface area contributed by atoms with Crippen LogP contribution in [-0.2, 0) is 4.79 Å². The molecule has 0 aliphatic carbocycles. The molecule has 2 amide bonds. The molecule has 6 nitrogen and oxygen atoms in total. The van der Waals surface area contributed by atoms with Crippen LogP contribution in [0.2, 0.25) is 0 Å². The number of nitrogens with zero attached hydrogens (tertiary/aromatic N) is 3. The van der Waals surface area contributed by atoms with Gasteiger partial charge in [0.25, 0.3) is 5.91 Å². The van der Waals surface area contributed by atoms with Gasteiger partial charge in [-0.05, 0) is 13.3 Å². The van der Waals surface area contributed by atoms with E-state index in [1.54, 1.807) is 29.8 Å². The second-order valence-electron chi connectivity index (χ2n) is 4.54. The van der Waals surface area contributed by atoms with E-state index in [2.05, 4.69) is 5.16 Å². The summed E-state index contributed by atoms with van der Waals surface area (Å²) in [4.78, 5) is 26.7. The zero-order valence-corrected chi connectivity index (χ0v) is 10.7. The lowest BCUT2D eigenvalue weighted by atomic mass is 10.3. The van der Waals surface area contributed by atoms with E-state index in [1.807, 2.05) is 0 Å². The highest BCUT2D eigenvalue weighted by Gasteiger charge is 2.22. The molecule has 18 heavy (non-hydrogen) atoms. The molecule has 0 N–H and O–H groups in total. The van der Waals surface area contributed by atoms with Crippen molar-refractivity contribution in [2.45, 2.75) is 19.8 Å². The maximum Gasteiger partial charge on any atom is 0.292 e. The number of hydrogen-bond acceptors (Lipinski definition) is 4. The lowest BCUT2D eigenvalue weighted by Crippen LogP contribution is -2.36. The normalized spacial score (nSPS) is 15.2. The standard InChI is InChI=1S/C12H17N3O3/c1-9-8-10(18-13-9)12(17)14(2)6-7-15-5-3-4-11(15)16/h8H,3-7H2,1-2H3. The first kappa shape index (κ1) is 12.6. The molecule has 98 valence electrons. The van der Waals surface area contributed by atoms with E-state index in [0.29, 0.717) is 25.2 Å². The molecule has 0 aromatic carbocycles. The summed E-state index contributed by atoms with van der Waals surface area (Å²) < 4.78 is 4.92. The number of likely N-dealkylation sites (tertiary alicyclic amines) is 1. The van der Waals surface area contributed by atoms with Crippen LogP contribution in [0.1, 0.15) is 29.1 Å². The number of hydrogen-bond donors (Lipinski definition) is 0. The summed E-state index contributed by atoms with van der Waals surface area (Å²) in [6.07, 6.45) is 1.54. The molecule has 1 aromatic rings. The first-order chi connectivity index (χ1) is 8.58. The highest BCUT2D eigenvalue weighted by atomic mass is 16.5. The molecule has 0 unspecified atom stereocenters. The fourth-order valence-corrected chi connectivity index (χ4v) is 1.97. The van der Waals surface area contributed by atoms with Crippen molar-refractivity contribution in [2.75, 3.05) is 26.7 Å². The number of aromatic nitrogens is 1. The number of likely N-dealkylation sites (N-methyl/N-ethyl adjacent to an activating group) is 1. The molecule has 0 atom stereocenters. The van der Waals surface area contributed by atoms with Gasteiger partial charge in [0, 0.05) is 39.2 Å². The van der Waals surface area contributed by atoms with Crippen LogP contribution >= 0.6 is 0 Å². The van der Waals surface area contributed by atoms with Crippen LogP contribution in [0.25, 0.3) is 0 Å². The van der Waals surface area contributed by atoms with Gasteiger partial charge in [-0.25, -0.2) is 0 Å². The lowest BCUT2D eigenvalue weighted by molar-refractivity contribution is -0.127. The van der Waals surface area contributed by atoms with Crippen LogP contribution in [-0.4, -0.2) is 53.5 Å². The minimum absolute atomic E-state index is 0.173. The maximum absolute atomic E-state index is 11.9. The van der Waals surface area contributed by atoms with Crippen molar-refractivity contribution in [3.63, 3.8) is 0 Å². The zero-order chi connectivity index (χ0) is 13.1. The van der Waals surface area contributed by atoms with Gasteiger partial charge in [0.1, 0.15) is 0 Å². The monoisotopic (exact) mass is 251 g/mol. The van der Waals surface area contributed by atoms with Crippen molar-refractivity contribution in [3.8, 4) is 0 Å². The Morgan fingerprint density at radius 1 is 1.61 bits per heavy atom. The van der Waals surface area contributed by atoms with Crippen molar-refractivity contribution in [3.05, 3.63) is 17.5 Å². The summed E-state index contributed by atoms with van der Waals surface area (Å²) in [5, 5.41) is 3.68. The molecule has 0 bridgehead atoms. The summed E-state index contributed by atoms with van der Waals surface area (Å²) in [5.41, 5.74) is 0.682. The van der Waals surface area contributed by atoms with Crippen molar-refractivity contribution >= 4 is 11.8 Å². The van der Waals surface area contributed by atoms with Crippen molar-refractivity contribution < 1.29 is 14.1 Å². The van der Waals surface area contributed by atoms with Gasteiger partial charge >= 0.3 is 0 Å². The summed E-state index contributed by atoms with van der Waals surface area (Å²) in [6, 6.07) is 1.61. The molecule has 1 fully saturated rings. The van der Waals surface area contributed by atoms with E-state index in [9.17, 15) is 9.59 Å². The molecule has 2 rings (SSSR count). The smallest absolute Gasteiger partial charge is 0.292 e. The molecular formula is C12H17N3O3. The van der Waals surface area contributed by atoms with Crippen LogP contribution in [0.5, 0.6) is 0 Å². The van der Waals surface area contributed by atoms with E-state index in [4.69, 9.17) is 4.52 Å². The SMILES string of the molecule is Cc1cc(C(=O)N(C)CCN2CCCC2=O)on1. The Hall–Kier alpha value is -1.85. The molecule has 1 saturated heterocycles. The Bertz CT molecular complexity index is 455. The molecule has 6 heteroatoms. The third-order valence-electron chi connectivity index (χ3n) is 3.06. The van der Waals surface area contributed by atoms with Crippen molar-refractivity contribution in [1.29, 1.82) is 0 Å². The fourth-order valence-electron chi connectivity index (χ4n) is 1.97. The fraction of sp³-hybridized carbons (Fsp3) is 0.583. The van der Waals surface area contributed by atoms with Gasteiger partial charge in [0.05, 0.1) is 5.69 Å². The zero-order valence-electron chi connectivity index (χ0n) is 10.7. The molecule has 0 spiro atoms. The number of carbonyl (C=O) groups excluding carboxylic acids is 2. The summed E-state index contributed by atoms with van der Waals surface area (Å²) >= 11 is 0. The van der Waals surface area contributed by atoms with E-state index >= 15 is 0 Å². The van der Waals surface area contributed by atoms with Crippen molar-refractivity contribution in [2.24, 2.45) is 0 Å². The van der Waals surface area contributed by atoms with E-state index in [-0.39, 0.29) is 17.6 Å². The second-order valence-corrected chi connectivity index (χ2v) is 4.54. The summed E-state index contributed by atoms with van der Waals surface area (Å²) in [7, 11) is 1.70. The van der Waals surface area contributed by atoms with Gasteiger partial charge in [-0.3, -0.25) is 9.59 Å². The Kier molecular flexibility index (Phi) is 3.64. The maximum atomic E-state index is 11.9. The first-order valence-electron chi connectivity index (χ1n) is 6.04. The van der Waals surface area contributed by atoms with Crippen LogP contribution in [0.4, 0.5) is 0 Å². The molecule has 0 saturated carbocycles. The summed E-state index contributed by atoms with van der Waals surface area (Å²) in [5.74, 6) is 0.205. The van der Waals surface area contributed by atoms with Crippen LogP contribution in [0.15, 0.2) is 10.6 Å². The average molecular weight is 251 g/mol.